The van der Waals surface area contributed by atoms with Crippen molar-refractivity contribution >= 4 is 23.3 Å². The van der Waals surface area contributed by atoms with Crippen molar-refractivity contribution in [3.8, 4) is 0 Å². The molecular weight excluding hydrogens is 350 g/mol. The average molecular weight is 373 g/mol. The second-order valence-electron chi connectivity index (χ2n) is 6.41. The largest absolute Gasteiger partial charge is 0.469 e. The number of methoxy groups -OCH3 is 2. The number of carbonyl (C=O) groups is 4. The molecule has 0 heterocycles. The van der Waals surface area contributed by atoms with Gasteiger partial charge in [-0.15, -0.1) is 0 Å². The van der Waals surface area contributed by atoms with Crippen molar-refractivity contribution in [2.24, 2.45) is 5.92 Å². The van der Waals surface area contributed by atoms with Gasteiger partial charge in [0.15, 0.2) is 11.6 Å². The van der Waals surface area contributed by atoms with E-state index in [-0.39, 0.29) is 52.7 Å². The third kappa shape index (κ3) is 4.14. The molecule has 7 heteroatoms. The molecule has 1 aliphatic carbocycles. The summed E-state index contributed by atoms with van der Waals surface area (Å²) >= 11 is 0. The molecule has 0 aliphatic heterocycles. The van der Waals surface area contributed by atoms with Crippen molar-refractivity contribution < 1.29 is 28.7 Å². The van der Waals surface area contributed by atoms with E-state index in [1.54, 1.807) is 31.2 Å². The number of benzene rings is 1. The van der Waals surface area contributed by atoms with E-state index >= 15 is 0 Å². The number of allylic oxidation sites excluding steroid dienone is 1. The number of esters is 1. The van der Waals surface area contributed by atoms with Crippen molar-refractivity contribution in [2.45, 2.75) is 25.9 Å². The quantitative estimate of drug-likeness (QED) is 0.693. The highest BCUT2D eigenvalue weighted by molar-refractivity contribution is 6.28. The normalized spacial score (nSPS) is 15.9. The highest BCUT2D eigenvalue weighted by Gasteiger charge is 2.38. The molecule has 0 amide bonds. The Bertz CT molecular complexity index is 810. The fraction of sp³-hybridized carbons (Fsp3) is 0.400. The van der Waals surface area contributed by atoms with Crippen molar-refractivity contribution in [3.05, 3.63) is 46.7 Å². The van der Waals surface area contributed by atoms with Crippen LogP contribution in [0.5, 0.6) is 0 Å². The van der Waals surface area contributed by atoms with Crippen LogP contribution < -0.4 is 5.32 Å². The van der Waals surface area contributed by atoms with Gasteiger partial charge in [-0.1, -0.05) is 31.2 Å². The summed E-state index contributed by atoms with van der Waals surface area (Å²) in [5.74, 6) is -1.87. The van der Waals surface area contributed by atoms with Gasteiger partial charge in [-0.05, 0) is 5.92 Å². The summed E-state index contributed by atoms with van der Waals surface area (Å²) in [6.45, 7) is 1.73. The third-order valence-electron chi connectivity index (χ3n) is 4.49. The van der Waals surface area contributed by atoms with Crippen LogP contribution in [0.4, 0.5) is 0 Å². The molecule has 1 aliphatic rings. The number of nitrogens with one attached hydrogen (secondary N) is 1. The molecular formula is C20H23NO6. The number of hydrogen-bond acceptors (Lipinski definition) is 7. The Labute approximate surface area is 157 Å². The lowest BCUT2D eigenvalue weighted by atomic mass is 9.82. The van der Waals surface area contributed by atoms with Gasteiger partial charge >= 0.3 is 5.97 Å². The van der Waals surface area contributed by atoms with Gasteiger partial charge in [0.2, 0.25) is 5.78 Å². The second-order valence-corrected chi connectivity index (χ2v) is 6.41. The highest BCUT2D eigenvalue weighted by Crippen LogP contribution is 2.29. The number of ketones is 3. The predicted octanol–water partition coefficient (Wildman–Crippen LogP) is 1.71. The minimum absolute atomic E-state index is 0.000956. The van der Waals surface area contributed by atoms with E-state index in [2.05, 4.69) is 10.1 Å². The minimum atomic E-state index is -1.20. The number of fused-ring (bicyclic) bond motifs is 1. The van der Waals surface area contributed by atoms with Gasteiger partial charge in [0, 0.05) is 38.1 Å². The van der Waals surface area contributed by atoms with Crippen LogP contribution in [-0.4, -0.2) is 50.7 Å². The van der Waals surface area contributed by atoms with Crippen LogP contribution in [0, 0.1) is 5.92 Å². The number of rotatable bonds is 8. The average Bonchev–Trinajstić information content (AvgIpc) is 2.66. The maximum Gasteiger partial charge on any atom is 0.305 e. The molecule has 0 bridgehead atoms. The molecule has 1 aromatic rings. The Kier molecular flexibility index (Phi) is 6.63. The van der Waals surface area contributed by atoms with E-state index in [0.29, 0.717) is 0 Å². The molecule has 0 saturated heterocycles. The topological polar surface area (TPSA) is 98.8 Å². The molecule has 2 atom stereocenters. The molecule has 2 unspecified atom stereocenters. The smallest absolute Gasteiger partial charge is 0.305 e. The molecule has 0 radical (unpaired) electrons. The van der Waals surface area contributed by atoms with E-state index in [0.717, 1.165) is 0 Å². The van der Waals surface area contributed by atoms with Gasteiger partial charge in [-0.2, -0.15) is 0 Å². The molecule has 0 spiro atoms. The SMILES string of the molecule is CNC1=C(C(OC)C(=O)CC(C)CC(=O)OC)C(=O)c2ccccc2C1=O. The first-order valence-electron chi connectivity index (χ1n) is 8.58. The zero-order valence-electron chi connectivity index (χ0n) is 15.8. The van der Waals surface area contributed by atoms with Crippen LogP contribution in [0.3, 0.4) is 0 Å². The standard InChI is InChI=1S/C20H23NO6/c1-11(10-15(23)26-3)9-14(22)20(27-4)16-17(21-2)19(25)13-8-6-5-7-12(13)18(16)24/h5-8,11,20-21H,9-10H2,1-4H3. The lowest BCUT2D eigenvalue weighted by Gasteiger charge is -2.26. The van der Waals surface area contributed by atoms with Gasteiger partial charge in [-0.25, -0.2) is 0 Å². The summed E-state index contributed by atoms with van der Waals surface area (Å²) in [4.78, 5) is 49.9. The third-order valence-corrected chi connectivity index (χ3v) is 4.49. The molecule has 1 N–H and O–H groups in total. The van der Waals surface area contributed by atoms with E-state index in [1.807, 2.05) is 0 Å². The summed E-state index contributed by atoms with van der Waals surface area (Å²) in [5.41, 5.74) is 0.587. The molecule has 2 rings (SSSR count). The minimum Gasteiger partial charge on any atom is -0.469 e. The van der Waals surface area contributed by atoms with Crippen molar-refractivity contribution in [2.75, 3.05) is 21.3 Å². The Morgan fingerprint density at radius 2 is 1.63 bits per heavy atom. The zero-order valence-corrected chi connectivity index (χ0v) is 15.8. The molecule has 0 aromatic heterocycles. The predicted molar refractivity (Wildman–Crippen MR) is 97.4 cm³/mol. The van der Waals surface area contributed by atoms with Gasteiger partial charge in [0.05, 0.1) is 18.4 Å². The lowest BCUT2D eigenvalue weighted by Crippen LogP contribution is -2.38. The molecule has 144 valence electrons. The van der Waals surface area contributed by atoms with Gasteiger partial charge in [-0.3, -0.25) is 19.2 Å². The van der Waals surface area contributed by atoms with Crippen molar-refractivity contribution in [1.82, 2.24) is 5.32 Å². The lowest BCUT2D eigenvalue weighted by molar-refractivity contribution is -0.141. The van der Waals surface area contributed by atoms with Gasteiger partial charge in [0.1, 0.15) is 6.10 Å². The van der Waals surface area contributed by atoms with E-state index in [4.69, 9.17) is 4.74 Å². The van der Waals surface area contributed by atoms with Crippen LogP contribution in [0.15, 0.2) is 35.5 Å². The van der Waals surface area contributed by atoms with E-state index in [1.165, 1.54) is 21.3 Å². The Morgan fingerprint density at radius 3 is 2.15 bits per heavy atom. The van der Waals surface area contributed by atoms with E-state index < -0.39 is 17.9 Å². The fourth-order valence-electron chi connectivity index (χ4n) is 3.19. The number of hydrogen-bond donors (Lipinski definition) is 1. The molecule has 27 heavy (non-hydrogen) atoms. The van der Waals surface area contributed by atoms with Crippen LogP contribution in [0.25, 0.3) is 0 Å². The van der Waals surface area contributed by atoms with Crippen molar-refractivity contribution in [3.63, 3.8) is 0 Å². The molecule has 0 fully saturated rings. The maximum absolute atomic E-state index is 13.0. The molecule has 1 aromatic carbocycles. The van der Waals surface area contributed by atoms with Crippen LogP contribution in [0.2, 0.25) is 0 Å². The maximum atomic E-state index is 13.0. The summed E-state index contributed by atoms with van der Waals surface area (Å²) in [7, 11) is 4.11. The summed E-state index contributed by atoms with van der Waals surface area (Å²) in [6, 6.07) is 6.47. The zero-order chi connectivity index (χ0) is 20.1. The first kappa shape index (κ1) is 20.5. The number of ether oxygens (including phenoxy) is 2. The van der Waals surface area contributed by atoms with Crippen LogP contribution in [-0.2, 0) is 19.1 Å². The van der Waals surface area contributed by atoms with Crippen molar-refractivity contribution in [1.29, 1.82) is 0 Å². The first-order chi connectivity index (χ1) is 12.8. The summed E-state index contributed by atoms with van der Waals surface area (Å²) in [5, 5.41) is 2.74. The second kappa shape index (κ2) is 8.73. The fourth-order valence-corrected chi connectivity index (χ4v) is 3.19. The van der Waals surface area contributed by atoms with Gasteiger partial charge < -0.3 is 14.8 Å². The van der Waals surface area contributed by atoms with Gasteiger partial charge in [0.25, 0.3) is 0 Å². The Balaban J connectivity index is 2.36. The Morgan fingerprint density at radius 1 is 1.04 bits per heavy atom. The molecule has 0 saturated carbocycles. The van der Waals surface area contributed by atoms with E-state index in [9.17, 15) is 19.2 Å². The monoisotopic (exact) mass is 373 g/mol. The molecule has 7 nitrogen and oxygen atoms in total. The van der Waals surface area contributed by atoms with Crippen LogP contribution in [0.1, 0.15) is 40.5 Å². The van der Waals surface area contributed by atoms with Crippen LogP contribution >= 0.6 is 0 Å². The number of carbonyl (C=O) groups excluding carboxylic acids is 4. The summed E-state index contributed by atoms with van der Waals surface area (Å²) < 4.78 is 9.92. The number of Topliss-reactive ketones (excluding diaryl/α,β-unsaturated/α-hetero) is 3. The highest BCUT2D eigenvalue weighted by atomic mass is 16.5. The number of likely N-dealkylation sites (N-methyl/N-ethyl adjacent to an activating group) is 1. The first-order valence-corrected chi connectivity index (χ1v) is 8.58. The Hall–Kier alpha value is -2.80. The summed E-state index contributed by atoms with van der Waals surface area (Å²) in [6.07, 6.45) is -1.11.